The molecular formula is C15H25NO2. The summed E-state index contributed by atoms with van der Waals surface area (Å²) >= 11 is 0. The molecule has 0 bridgehead atoms. The van der Waals surface area contributed by atoms with Gasteiger partial charge in [-0.1, -0.05) is 12.1 Å². The average molecular weight is 251 g/mol. The molecule has 0 aliphatic rings. The van der Waals surface area contributed by atoms with Crippen molar-refractivity contribution in [2.45, 2.75) is 33.2 Å². The number of benzene rings is 1. The van der Waals surface area contributed by atoms with Crippen molar-refractivity contribution in [2.24, 2.45) is 0 Å². The lowest BCUT2D eigenvalue weighted by molar-refractivity contribution is 0.137. The Morgan fingerprint density at radius 2 is 2.00 bits per heavy atom. The van der Waals surface area contributed by atoms with E-state index >= 15 is 0 Å². The standard InChI is InChI=1S/C15H25NO2/c1-6-18-10-9-14(16-4)13-8-7-11(2)12(3)15(13)17-5/h7-8,14,16H,6,9-10H2,1-5H3. The van der Waals surface area contributed by atoms with E-state index in [-0.39, 0.29) is 6.04 Å². The molecule has 0 radical (unpaired) electrons. The Bertz CT molecular complexity index is 377. The third-order valence-electron chi connectivity index (χ3n) is 3.39. The van der Waals surface area contributed by atoms with Gasteiger partial charge in [-0.05, 0) is 45.4 Å². The number of hydrogen-bond donors (Lipinski definition) is 1. The van der Waals surface area contributed by atoms with E-state index in [0.717, 1.165) is 25.4 Å². The highest BCUT2D eigenvalue weighted by Gasteiger charge is 2.16. The van der Waals surface area contributed by atoms with Crippen LogP contribution in [-0.4, -0.2) is 27.4 Å². The second-order valence-corrected chi connectivity index (χ2v) is 4.46. The molecule has 0 aliphatic carbocycles. The third-order valence-corrected chi connectivity index (χ3v) is 3.39. The van der Waals surface area contributed by atoms with E-state index in [1.165, 1.54) is 16.7 Å². The van der Waals surface area contributed by atoms with E-state index in [2.05, 4.69) is 31.3 Å². The highest BCUT2D eigenvalue weighted by Crippen LogP contribution is 2.32. The lowest BCUT2D eigenvalue weighted by Crippen LogP contribution is -2.19. The molecule has 1 rings (SSSR count). The monoisotopic (exact) mass is 251 g/mol. The molecule has 0 saturated heterocycles. The number of hydrogen-bond acceptors (Lipinski definition) is 3. The molecule has 102 valence electrons. The van der Waals surface area contributed by atoms with E-state index in [0.29, 0.717) is 0 Å². The van der Waals surface area contributed by atoms with Crippen LogP contribution in [0.1, 0.15) is 36.1 Å². The molecule has 0 saturated carbocycles. The van der Waals surface area contributed by atoms with Crippen LogP contribution >= 0.6 is 0 Å². The molecule has 18 heavy (non-hydrogen) atoms. The van der Waals surface area contributed by atoms with Gasteiger partial charge in [0.15, 0.2) is 0 Å². The topological polar surface area (TPSA) is 30.5 Å². The summed E-state index contributed by atoms with van der Waals surface area (Å²) in [5, 5.41) is 3.34. The van der Waals surface area contributed by atoms with Crippen LogP contribution in [0, 0.1) is 13.8 Å². The number of rotatable bonds is 7. The molecule has 1 aromatic carbocycles. The van der Waals surface area contributed by atoms with Crippen LogP contribution in [0.25, 0.3) is 0 Å². The maximum absolute atomic E-state index is 5.57. The van der Waals surface area contributed by atoms with Crippen LogP contribution in [0.4, 0.5) is 0 Å². The van der Waals surface area contributed by atoms with Crippen molar-refractivity contribution in [3.8, 4) is 5.75 Å². The number of aryl methyl sites for hydroxylation is 1. The van der Waals surface area contributed by atoms with Crippen molar-refractivity contribution in [2.75, 3.05) is 27.4 Å². The maximum Gasteiger partial charge on any atom is 0.126 e. The molecular weight excluding hydrogens is 226 g/mol. The zero-order valence-electron chi connectivity index (χ0n) is 12.2. The first-order valence-corrected chi connectivity index (χ1v) is 6.54. The molecule has 0 fully saturated rings. The predicted octanol–water partition coefficient (Wildman–Crippen LogP) is 3.00. The molecule has 3 nitrogen and oxygen atoms in total. The normalized spacial score (nSPS) is 12.5. The fraction of sp³-hybridized carbons (Fsp3) is 0.600. The summed E-state index contributed by atoms with van der Waals surface area (Å²) in [5.41, 5.74) is 3.68. The summed E-state index contributed by atoms with van der Waals surface area (Å²) in [6.07, 6.45) is 0.948. The van der Waals surface area contributed by atoms with Crippen molar-refractivity contribution in [1.29, 1.82) is 0 Å². The lowest BCUT2D eigenvalue weighted by atomic mass is 9.97. The molecule has 1 N–H and O–H groups in total. The quantitative estimate of drug-likeness (QED) is 0.756. The summed E-state index contributed by atoms with van der Waals surface area (Å²) < 4.78 is 11.0. The summed E-state index contributed by atoms with van der Waals surface area (Å²) in [5.74, 6) is 0.992. The molecule has 0 spiro atoms. The van der Waals surface area contributed by atoms with Gasteiger partial charge in [-0.25, -0.2) is 0 Å². The first-order valence-electron chi connectivity index (χ1n) is 6.54. The van der Waals surface area contributed by atoms with Crippen molar-refractivity contribution in [3.63, 3.8) is 0 Å². The fourth-order valence-corrected chi connectivity index (χ4v) is 2.16. The van der Waals surface area contributed by atoms with Crippen LogP contribution in [0.2, 0.25) is 0 Å². The van der Waals surface area contributed by atoms with Gasteiger partial charge in [0.05, 0.1) is 7.11 Å². The molecule has 1 unspecified atom stereocenters. The first kappa shape index (κ1) is 15.0. The van der Waals surface area contributed by atoms with Gasteiger partial charge in [-0.15, -0.1) is 0 Å². The SMILES string of the molecule is CCOCCC(NC)c1ccc(C)c(C)c1OC. The number of nitrogens with one attached hydrogen (secondary N) is 1. The smallest absolute Gasteiger partial charge is 0.126 e. The Morgan fingerprint density at radius 1 is 1.28 bits per heavy atom. The molecule has 0 amide bonds. The van der Waals surface area contributed by atoms with Crippen molar-refractivity contribution in [1.82, 2.24) is 5.32 Å². The highest BCUT2D eigenvalue weighted by atomic mass is 16.5. The minimum Gasteiger partial charge on any atom is -0.496 e. The third kappa shape index (κ3) is 3.47. The summed E-state index contributed by atoms with van der Waals surface area (Å²) in [7, 11) is 3.71. The minimum absolute atomic E-state index is 0.269. The van der Waals surface area contributed by atoms with Gasteiger partial charge in [0.2, 0.25) is 0 Å². The van der Waals surface area contributed by atoms with Crippen molar-refractivity contribution in [3.05, 3.63) is 28.8 Å². The van der Waals surface area contributed by atoms with Crippen LogP contribution in [0.3, 0.4) is 0 Å². The van der Waals surface area contributed by atoms with Crippen LogP contribution in [0.15, 0.2) is 12.1 Å². The van der Waals surface area contributed by atoms with Crippen molar-refractivity contribution >= 4 is 0 Å². The first-order chi connectivity index (χ1) is 8.65. The largest absolute Gasteiger partial charge is 0.496 e. The fourth-order valence-electron chi connectivity index (χ4n) is 2.16. The zero-order chi connectivity index (χ0) is 13.5. The molecule has 1 atom stereocenters. The van der Waals surface area contributed by atoms with Gasteiger partial charge < -0.3 is 14.8 Å². The second-order valence-electron chi connectivity index (χ2n) is 4.46. The Balaban J connectivity index is 2.94. The molecule has 0 heterocycles. The second kappa shape index (κ2) is 7.39. The molecule has 0 aromatic heterocycles. The molecule has 1 aromatic rings. The summed E-state index contributed by atoms with van der Waals surface area (Å²) in [4.78, 5) is 0. The van der Waals surface area contributed by atoms with E-state index in [1.54, 1.807) is 7.11 Å². The Labute approximate surface area is 110 Å². The van der Waals surface area contributed by atoms with Gasteiger partial charge in [-0.2, -0.15) is 0 Å². The van der Waals surface area contributed by atoms with Gasteiger partial charge in [0.1, 0.15) is 5.75 Å². The van der Waals surface area contributed by atoms with Gasteiger partial charge in [-0.3, -0.25) is 0 Å². The van der Waals surface area contributed by atoms with E-state index in [4.69, 9.17) is 9.47 Å². The Morgan fingerprint density at radius 3 is 2.56 bits per heavy atom. The highest BCUT2D eigenvalue weighted by molar-refractivity contribution is 5.46. The zero-order valence-corrected chi connectivity index (χ0v) is 12.2. The van der Waals surface area contributed by atoms with Crippen molar-refractivity contribution < 1.29 is 9.47 Å². The van der Waals surface area contributed by atoms with Crippen LogP contribution in [0.5, 0.6) is 5.75 Å². The Hall–Kier alpha value is -1.06. The van der Waals surface area contributed by atoms with Gasteiger partial charge in [0, 0.05) is 24.8 Å². The number of ether oxygens (including phenoxy) is 2. The number of methoxy groups -OCH3 is 1. The predicted molar refractivity (Wildman–Crippen MR) is 75.4 cm³/mol. The van der Waals surface area contributed by atoms with Gasteiger partial charge in [0.25, 0.3) is 0 Å². The van der Waals surface area contributed by atoms with Gasteiger partial charge >= 0.3 is 0 Å². The Kier molecular flexibility index (Phi) is 6.16. The molecule has 0 aliphatic heterocycles. The minimum atomic E-state index is 0.269. The molecule has 3 heteroatoms. The average Bonchev–Trinajstić information content (AvgIpc) is 2.38. The van der Waals surface area contributed by atoms with E-state index in [1.807, 2.05) is 14.0 Å². The maximum atomic E-state index is 5.57. The van der Waals surface area contributed by atoms with Crippen LogP contribution < -0.4 is 10.1 Å². The lowest BCUT2D eigenvalue weighted by Gasteiger charge is -2.21. The van der Waals surface area contributed by atoms with Crippen LogP contribution in [-0.2, 0) is 4.74 Å². The van der Waals surface area contributed by atoms with E-state index < -0.39 is 0 Å². The summed E-state index contributed by atoms with van der Waals surface area (Å²) in [6, 6.07) is 4.57. The summed E-state index contributed by atoms with van der Waals surface area (Å²) in [6.45, 7) is 7.76. The van der Waals surface area contributed by atoms with E-state index in [9.17, 15) is 0 Å².